The van der Waals surface area contributed by atoms with Crippen molar-refractivity contribution >= 4 is 5.97 Å². The Balaban J connectivity index is 2.15. The predicted molar refractivity (Wildman–Crippen MR) is 89.3 cm³/mol. The first kappa shape index (κ1) is 14.9. The molecule has 3 rings (SSSR count). The van der Waals surface area contributed by atoms with Crippen LogP contribution in [0, 0.1) is 13.8 Å². The number of aryl methyl sites for hydroxylation is 2. The normalized spacial score (nSPS) is 10.5. The number of aromatic carboxylic acids is 1. The highest BCUT2D eigenvalue weighted by Crippen LogP contribution is 2.27. The van der Waals surface area contributed by atoms with Gasteiger partial charge in [0.1, 0.15) is 0 Å². The van der Waals surface area contributed by atoms with Crippen LogP contribution in [-0.4, -0.2) is 21.0 Å². The number of hydrogen-bond acceptors (Lipinski definition) is 3. The van der Waals surface area contributed by atoms with Crippen molar-refractivity contribution in [2.24, 2.45) is 0 Å². The quantitative estimate of drug-likeness (QED) is 0.790. The zero-order chi connectivity index (χ0) is 16.4. The summed E-state index contributed by atoms with van der Waals surface area (Å²) in [5.41, 5.74) is 5.32. The number of rotatable bonds is 3. The average Bonchev–Trinajstić information content (AvgIpc) is 2.54. The Morgan fingerprint density at radius 3 is 2.30 bits per heavy atom. The summed E-state index contributed by atoms with van der Waals surface area (Å²) in [5.74, 6) is -0.998. The van der Waals surface area contributed by atoms with Crippen molar-refractivity contribution in [3.63, 3.8) is 0 Å². The fraction of sp³-hybridized carbons (Fsp3) is 0.105. The van der Waals surface area contributed by atoms with Gasteiger partial charge in [0.15, 0.2) is 0 Å². The molecule has 1 aromatic carbocycles. The third kappa shape index (κ3) is 3.11. The Morgan fingerprint density at radius 1 is 0.957 bits per heavy atom. The number of carboxylic acids is 1. The first-order valence-corrected chi connectivity index (χ1v) is 7.27. The summed E-state index contributed by atoms with van der Waals surface area (Å²) in [6, 6.07) is 11.4. The van der Waals surface area contributed by atoms with Crippen molar-refractivity contribution in [1.29, 1.82) is 0 Å². The maximum absolute atomic E-state index is 11.7. The third-order valence-corrected chi connectivity index (χ3v) is 3.61. The molecule has 0 saturated carbocycles. The first-order valence-electron chi connectivity index (χ1n) is 7.27. The van der Waals surface area contributed by atoms with Crippen LogP contribution >= 0.6 is 0 Å². The summed E-state index contributed by atoms with van der Waals surface area (Å²) in [6.45, 7) is 4.04. The summed E-state index contributed by atoms with van der Waals surface area (Å²) >= 11 is 0. The van der Waals surface area contributed by atoms with Gasteiger partial charge < -0.3 is 5.11 Å². The molecule has 0 fully saturated rings. The molecule has 0 unspecified atom stereocenters. The fourth-order valence-electron chi connectivity index (χ4n) is 2.66. The van der Waals surface area contributed by atoms with Crippen molar-refractivity contribution < 1.29 is 9.90 Å². The molecule has 4 heteroatoms. The third-order valence-electron chi connectivity index (χ3n) is 3.61. The van der Waals surface area contributed by atoms with Crippen LogP contribution in [-0.2, 0) is 0 Å². The van der Waals surface area contributed by atoms with Crippen LogP contribution in [0.2, 0.25) is 0 Å². The molecule has 3 aromatic rings. The van der Waals surface area contributed by atoms with E-state index in [4.69, 9.17) is 0 Å². The van der Waals surface area contributed by atoms with E-state index in [1.807, 2.05) is 26.0 Å². The molecule has 0 aliphatic rings. The standard InChI is InChI=1S/C19H16N2O2/c1-12-6-13(2)8-15(7-12)16-9-17(19(22)23)18(21-11-16)14-4-3-5-20-10-14/h3-11H,1-2H3,(H,22,23). The van der Waals surface area contributed by atoms with E-state index >= 15 is 0 Å². The summed E-state index contributed by atoms with van der Waals surface area (Å²) in [7, 11) is 0. The Labute approximate surface area is 134 Å². The molecule has 0 radical (unpaired) electrons. The molecular formula is C19H16N2O2. The molecule has 23 heavy (non-hydrogen) atoms. The maximum atomic E-state index is 11.7. The Hall–Kier alpha value is -3.01. The van der Waals surface area contributed by atoms with E-state index < -0.39 is 5.97 Å². The molecule has 0 atom stereocenters. The average molecular weight is 304 g/mol. The lowest BCUT2D eigenvalue weighted by atomic mass is 9.99. The second-order valence-corrected chi connectivity index (χ2v) is 5.54. The number of hydrogen-bond donors (Lipinski definition) is 1. The zero-order valence-corrected chi connectivity index (χ0v) is 12.9. The SMILES string of the molecule is Cc1cc(C)cc(-c2cnc(-c3cccnc3)c(C(=O)O)c2)c1. The lowest BCUT2D eigenvalue weighted by Gasteiger charge is -2.09. The molecule has 0 aliphatic carbocycles. The molecule has 1 N–H and O–H groups in total. The zero-order valence-electron chi connectivity index (χ0n) is 12.9. The van der Waals surface area contributed by atoms with Crippen LogP contribution in [0.1, 0.15) is 21.5 Å². The number of benzene rings is 1. The topological polar surface area (TPSA) is 63.1 Å². The molecule has 0 amide bonds. The first-order chi connectivity index (χ1) is 11.0. The van der Waals surface area contributed by atoms with Gasteiger partial charge in [0.05, 0.1) is 11.3 Å². The molecule has 4 nitrogen and oxygen atoms in total. The molecule has 0 spiro atoms. The van der Waals surface area contributed by atoms with Gasteiger partial charge in [0, 0.05) is 29.7 Å². The number of pyridine rings is 2. The summed E-state index contributed by atoms with van der Waals surface area (Å²) < 4.78 is 0. The summed E-state index contributed by atoms with van der Waals surface area (Å²) in [6.07, 6.45) is 4.97. The molecule has 114 valence electrons. The molecule has 0 bridgehead atoms. The molecule has 2 aromatic heterocycles. The number of aromatic nitrogens is 2. The van der Waals surface area contributed by atoms with Crippen molar-refractivity contribution in [2.75, 3.05) is 0 Å². The summed E-state index contributed by atoms with van der Waals surface area (Å²) in [5, 5.41) is 9.55. The molecular weight excluding hydrogens is 288 g/mol. The lowest BCUT2D eigenvalue weighted by molar-refractivity contribution is 0.0697. The fourth-order valence-corrected chi connectivity index (χ4v) is 2.66. The van der Waals surface area contributed by atoms with Crippen LogP contribution in [0.3, 0.4) is 0 Å². The van der Waals surface area contributed by atoms with Crippen molar-refractivity contribution in [1.82, 2.24) is 9.97 Å². The van der Waals surface area contributed by atoms with Gasteiger partial charge in [-0.2, -0.15) is 0 Å². The highest BCUT2D eigenvalue weighted by molar-refractivity contribution is 5.96. The Bertz CT molecular complexity index is 854. The van der Waals surface area contributed by atoms with E-state index in [9.17, 15) is 9.90 Å². The minimum atomic E-state index is -0.998. The minimum absolute atomic E-state index is 0.176. The van der Waals surface area contributed by atoms with E-state index in [1.165, 1.54) is 0 Å². The van der Waals surface area contributed by atoms with Gasteiger partial charge in [0.2, 0.25) is 0 Å². The van der Waals surface area contributed by atoms with Gasteiger partial charge in [-0.05, 0) is 37.6 Å². The van der Waals surface area contributed by atoms with Gasteiger partial charge >= 0.3 is 5.97 Å². The lowest BCUT2D eigenvalue weighted by Crippen LogP contribution is -2.02. The van der Waals surface area contributed by atoms with Crippen LogP contribution < -0.4 is 0 Å². The highest BCUT2D eigenvalue weighted by atomic mass is 16.4. The largest absolute Gasteiger partial charge is 0.478 e. The molecule has 2 heterocycles. The van der Waals surface area contributed by atoms with Crippen molar-refractivity contribution in [3.05, 3.63) is 71.7 Å². The second-order valence-electron chi connectivity index (χ2n) is 5.54. The van der Waals surface area contributed by atoms with Crippen LogP contribution in [0.15, 0.2) is 55.0 Å². The van der Waals surface area contributed by atoms with Crippen LogP contribution in [0.5, 0.6) is 0 Å². The van der Waals surface area contributed by atoms with Crippen LogP contribution in [0.25, 0.3) is 22.4 Å². The van der Waals surface area contributed by atoms with E-state index in [1.54, 1.807) is 36.8 Å². The maximum Gasteiger partial charge on any atom is 0.337 e. The Morgan fingerprint density at radius 2 is 1.70 bits per heavy atom. The van der Waals surface area contributed by atoms with Crippen molar-refractivity contribution in [3.8, 4) is 22.4 Å². The highest BCUT2D eigenvalue weighted by Gasteiger charge is 2.15. The molecule has 0 saturated heterocycles. The van der Waals surface area contributed by atoms with E-state index in [0.717, 1.165) is 22.3 Å². The monoisotopic (exact) mass is 304 g/mol. The number of carbonyl (C=O) groups is 1. The van der Waals surface area contributed by atoms with Gasteiger partial charge in [-0.25, -0.2) is 4.79 Å². The van der Waals surface area contributed by atoms with Gasteiger partial charge in [-0.1, -0.05) is 29.3 Å². The second kappa shape index (κ2) is 6.01. The van der Waals surface area contributed by atoms with E-state index in [0.29, 0.717) is 11.3 Å². The Kier molecular flexibility index (Phi) is 3.89. The van der Waals surface area contributed by atoms with Crippen molar-refractivity contribution in [2.45, 2.75) is 13.8 Å². The van der Waals surface area contributed by atoms with E-state index in [2.05, 4.69) is 16.0 Å². The number of nitrogens with zero attached hydrogens (tertiary/aromatic N) is 2. The van der Waals surface area contributed by atoms with Gasteiger partial charge in [-0.15, -0.1) is 0 Å². The smallest absolute Gasteiger partial charge is 0.337 e. The minimum Gasteiger partial charge on any atom is -0.478 e. The van der Waals surface area contributed by atoms with Gasteiger partial charge in [-0.3, -0.25) is 9.97 Å². The van der Waals surface area contributed by atoms with Gasteiger partial charge in [0.25, 0.3) is 0 Å². The summed E-state index contributed by atoms with van der Waals surface area (Å²) in [4.78, 5) is 20.1. The molecule has 0 aliphatic heterocycles. The predicted octanol–water partition coefficient (Wildman–Crippen LogP) is 4.13. The number of carboxylic acid groups (broad SMARTS) is 1. The van der Waals surface area contributed by atoms with E-state index in [-0.39, 0.29) is 5.56 Å². The van der Waals surface area contributed by atoms with Crippen LogP contribution in [0.4, 0.5) is 0 Å².